The molecule has 0 atom stereocenters. The Hall–Kier alpha value is -1.12. The van der Waals surface area contributed by atoms with Crippen LogP contribution in [0.15, 0.2) is 40.9 Å². The first kappa shape index (κ1) is 16.3. The van der Waals surface area contributed by atoms with E-state index >= 15 is 0 Å². The second kappa shape index (κ2) is 6.33. The minimum absolute atomic E-state index is 0.0511. The molecular formula is C19H24BrN. The van der Waals surface area contributed by atoms with Gasteiger partial charge in [-0.05, 0) is 69.0 Å². The lowest BCUT2D eigenvalue weighted by molar-refractivity contribution is 0.400. The van der Waals surface area contributed by atoms with E-state index in [2.05, 4.69) is 92.3 Å². The summed E-state index contributed by atoms with van der Waals surface area (Å²) in [5, 5.41) is 3.70. The second-order valence-corrected chi connectivity index (χ2v) is 7.28. The van der Waals surface area contributed by atoms with Gasteiger partial charge in [-0.25, -0.2) is 0 Å². The van der Waals surface area contributed by atoms with E-state index in [-0.39, 0.29) is 5.54 Å². The summed E-state index contributed by atoms with van der Waals surface area (Å²) in [7, 11) is 0. The van der Waals surface area contributed by atoms with Gasteiger partial charge in [-0.1, -0.05) is 45.8 Å². The minimum atomic E-state index is -0.0511. The van der Waals surface area contributed by atoms with Crippen molar-refractivity contribution in [3.05, 3.63) is 68.7 Å². The van der Waals surface area contributed by atoms with Crippen molar-refractivity contribution in [3.63, 3.8) is 0 Å². The largest absolute Gasteiger partial charge is 0.304 e. The molecule has 1 nitrogen and oxygen atoms in total. The zero-order chi connectivity index (χ0) is 15.6. The highest BCUT2D eigenvalue weighted by atomic mass is 79.9. The van der Waals surface area contributed by atoms with Crippen molar-refractivity contribution in [2.24, 2.45) is 0 Å². The Balaban J connectivity index is 2.17. The number of halogens is 1. The molecule has 2 aromatic rings. The molecule has 0 saturated carbocycles. The molecule has 2 aromatic carbocycles. The van der Waals surface area contributed by atoms with Crippen LogP contribution in [0.4, 0.5) is 0 Å². The van der Waals surface area contributed by atoms with Gasteiger partial charge in [-0.3, -0.25) is 0 Å². The van der Waals surface area contributed by atoms with E-state index in [1.807, 2.05) is 0 Å². The van der Waals surface area contributed by atoms with Gasteiger partial charge in [0.15, 0.2) is 0 Å². The molecule has 0 spiro atoms. The number of rotatable bonds is 4. The van der Waals surface area contributed by atoms with Crippen LogP contribution >= 0.6 is 15.9 Å². The van der Waals surface area contributed by atoms with E-state index in [0.29, 0.717) is 0 Å². The number of aryl methyl sites for hydroxylation is 3. The first-order valence-electron chi connectivity index (χ1n) is 7.37. The summed E-state index contributed by atoms with van der Waals surface area (Å²) in [6, 6.07) is 13.1. The topological polar surface area (TPSA) is 12.0 Å². The fraction of sp³-hybridized carbons (Fsp3) is 0.368. The van der Waals surface area contributed by atoms with E-state index in [9.17, 15) is 0 Å². The van der Waals surface area contributed by atoms with Crippen LogP contribution in [0.25, 0.3) is 0 Å². The average Bonchev–Trinajstić information content (AvgIpc) is 2.37. The maximum absolute atomic E-state index is 3.70. The lowest BCUT2D eigenvalue weighted by atomic mass is 9.93. The summed E-state index contributed by atoms with van der Waals surface area (Å²) in [5.74, 6) is 0. The zero-order valence-corrected chi connectivity index (χ0v) is 15.1. The molecule has 0 radical (unpaired) electrons. The van der Waals surface area contributed by atoms with Gasteiger partial charge in [-0.15, -0.1) is 0 Å². The minimum Gasteiger partial charge on any atom is -0.304 e. The maximum atomic E-state index is 3.70. The van der Waals surface area contributed by atoms with E-state index in [4.69, 9.17) is 0 Å². The Kier molecular flexibility index (Phi) is 4.90. The highest BCUT2D eigenvalue weighted by Crippen LogP contribution is 2.24. The van der Waals surface area contributed by atoms with Gasteiger partial charge in [0.2, 0.25) is 0 Å². The van der Waals surface area contributed by atoms with Crippen LogP contribution < -0.4 is 5.32 Å². The standard InChI is InChI=1S/C19H24BrN/c1-13-10-14(2)18(15(3)11-13)12-21-19(4,5)16-6-8-17(20)9-7-16/h6-11,21H,12H2,1-5H3. The SMILES string of the molecule is Cc1cc(C)c(CNC(C)(C)c2ccc(Br)cc2)c(C)c1. The molecule has 2 heteroatoms. The highest BCUT2D eigenvalue weighted by Gasteiger charge is 2.20. The van der Waals surface area contributed by atoms with Crippen molar-refractivity contribution in [3.8, 4) is 0 Å². The fourth-order valence-electron chi connectivity index (χ4n) is 2.77. The molecule has 1 N–H and O–H groups in total. The summed E-state index contributed by atoms with van der Waals surface area (Å²) < 4.78 is 1.12. The molecule has 0 aliphatic rings. The van der Waals surface area contributed by atoms with E-state index < -0.39 is 0 Å². The third-order valence-corrected chi connectivity index (χ3v) is 4.64. The summed E-state index contributed by atoms with van der Waals surface area (Å²) >= 11 is 3.49. The van der Waals surface area contributed by atoms with E-state index in [1.165, 1.54) is 27.8 Å². The van der Waals surface area contributed by atoms with Crippen LogP contribution in [-0.2, 0) is 12.1 Å². The first-order chi connectivity index (χ1) is 9.79. The van der Waals surface area contributed by atoms with Crippen LogP contribution in [-0.4, -0.2) is 0 Å². The molecule has 0 bridgehead atoms. The van der Waals surface area contributed by atoms with Crippen molar-refractivity contribution < 1.29 is 0 Å². The third-order valence-electron chi connectivity index (χ3n) is 4.11. The van der Waals surface area contributed by atoms with Crippen molar-refractivity contribution >= 4 is 15.9 Å². The molecular weight excluding hydrogens is 322 g/mol. The van der Waals surface area contributed by atoms with E-state index in [0.717, 1.165) is 11.0 Å². The Morgan fingerprint density at radius 2 is 1.48 bits per heavy atom. The van der Waals surface area contributed by atoms with Gasteiger partial charge in [0.1, 0.15) is 0 Å². The van der Waals surface area contributed by atoms with Crippen molar-refractivity contribution in [2.45, 2.75) is 46.7 Å². The number of hydrogen-bond acceptors (Lipinski definition) is 1. The lowest BCUT2D eigenvalue weighted by Gasteiger charge is -2.28. The van der Waals surface area contributed by atoms with E-state index in [1.54, 1.807) is 0 Å². The van der Waals surface area contributed by atoms with Crippen LogP contribution in [0.3, 0.4) is 0 Å². The molecule has 112 valence electrons. The molecule has 0 aromatic heterocycles. The third kappa shape index (κ3) is 3.96. The fourth-order valence-corrected chi connectivity index (χ4v) is 3.03. The van der Waals surface area contributed by atoms with Crippen molar-refractivity contribution in [1.82, 2.24) is 5.32 Å². The van der Waals surface area contributed by atoms with Gasteiger partial charge in [0.05, 0.1) is 0 Å². The quantitative estimate of drug-likeness (QED) is 0.782. The zero-order valence-electron chi connectivity index (χ0n) is 13.5. The predicted octanol–water partition coefficient (Wildman–Crippen LogP) is 5.40. The number of hydrogen-bond donors (Lipinski definition) is 1. The van der Waals surface area contributed by atoms with Crippen LogP contribution in [0.1, 0.15) is 41.7 Å². The predicted molar refractivity (Wildman–Crippen MR) is 94.7 cm³/mol. The molecule has 0 aliphatic carbocycles. The maximum Gasteiger partial charge on any atom is 0.0380 e. The van der Waals surface area contributed by atoms with Gasteiger partial charge < -0.3 is 5.32 Å². The molecule has 0 aliphatic heterocycles. The summed E-state index contributed by atoms with van der Waals surface area (Å²) in [4.78, 5) is 0. The molecule has 0 amide bonds. The molecule has 2 rings (SSSR count). The average molecular weight is 346 g/mol. The van der Waals surface area contributed by atoms with Gasteiger partial charge >= 0.3 is 0 Å². The molecule has 0 heterocycles. The lowest BCUT2D eigenvalue weighted by Crippen LogP contribution is -2.36. The summed E-state index contributed by atoms with van der Waals surface area (Å²) in [6.45, 7) is 11.9. The molecule has 21 heavy (non-hydrogen) atoms. The number of benzene rings is 2. The Labute approximate surface area is 136 Å². The molecule has 0 unspecified atom stereocenters. The first-order valence-corrected chi connectivity index (χ1v) is 8.17. The Morgan fingerprint density at radius 3 is 2.00 bits per heavy atom. The van der Waals surface area contributed by atoms with Crippen molar-refractivity contribution in [2.75, 3.05) is 0 Å². The molecule has 0 fully saturated rings. The van der Waals surface area contributed by atoms with Gasteiger partial charge in [-0.2, -0.15) is 0 Å². The monoisotopic (exact) mass is 345 g/mol. The second-order valence-electron chi connectivity index (χ2n) is 6.36. The van der Waals surface area contributed by atoms with Crippen LogP contribution in [0.2, 0.25) is 0 Å². The number of nitrogens with one attached hydrogen (secondary N) is 1. The van der Waals surface area contributed by atoms with Crippen molar-refractivity contribution in [1.29, 1.82) is 0 Å². The van der Waals surface area contributed by atoms with Crippen LogP contribution in [0, 0.1) is 20.8 Å². The Bertz CT molecular complexity index is 604. The highest BCUT2D eigenvalue weighted by molar-refractivity contribution is 9.10. The smallest absolute Gasteiger partial charge is 0.0380 e. The molecule has 0 saturated heterocycles. The summed E-state index contributed by atoms with van der Waals surface area (Å²) in [6.07, 6.45) is 0. The normalized spacial score (nSPS) is 11.7. The van der Waals surface area contributed by atoms with Gasteiger partial charge in [0.25, 0.3) is 0 Å². The Morgan fingerprint density at radius 1 is 0.952 bits per heavy atom. The van der Waals surface area contributed by atoms with Crippen LogP contribution in [0.5, 0.6) is 0 Å². The summed E-state index contributed by atoms with van der Waals surface area (Å²) in [5.41, 5.74) is 6.72. The van der Waals surface area contributed by atoms with Gasteiger partial charge in [0, 0.05) is 16.6 Å².